The van der Waals surface area contributed by atoms with Crippen molar-refractivity contribution in [3.8, 4) is 0 Å². The minimum absolute atomic E-state index is 0.520. The van der Waals surface area contributed by atoms with Gasteiger partial charge in [-0.1, -0.05) is 19.8 Å². The third-order valence-electron chi connectivity index (χ3n) is 3.73. The summed E-state index contributed by atoms with van der Waals surface area (Å²) in [5.74, 6) is 2.69. The van der Waals surface area contributed by atoms with E-state index >= 15 is 0 Å². The summed E-state index contributed by atoms with van der Waals surface area (Å²) in [5, 5.41) is 0. The molecule has 0 amide bonds. The quantitative estimate of drug-likeness (QED) is 0.567. The molecule has 64 valence electrons. The standard InChI is InChI=1S/C10H19N/c1-7-5-8-3-2-4-9(6-8)10(7)11/h7-10H,2-6,11H2,1H3/t7-,8?,9?,10?/m1/s1. The van der Waals surface area contributed by atoms with Gasteiger partial charge in [-0.05, 0) is 37.0 Å². The van der Waals surface area contributed by atoms with Gasteiger partial charge in [0.2, 0.25) is 0 Å². The predicted molar refractivity (Wildman–Crippen MR) is 47.2 cm³/mol. The van der Waals surface area contributed by atoms with E-state index in [9.17, 15) is 0 Å². The number of nitrogens with two attached hydrogens (primary N) is 1. The maximum atomic E-state index is 6.13. The van der Waals surface area contributed by atoms with Crippen molar-refractivity contribution in [2.75, 3.05) is 0 Å². The highest BCUT2D eigenvalue weighted by atomic mass is 14.7. The Labute approximate surface area is 69.4 Å². The molecule has 2 aliphatic carbocycles. The van der Waals surface area contributed by atoms with Gasteiger partial charge in [-0.3, -0.25) is 0 Å². The number of hydrogen-bond acceptors (Lipinski definition) is 1. The highest BCUT2D eigenvalue weighted by molar-refractivity contribution is 4.89. The van der Waals surface area contributed by atoms with Gasteiger partial charge in [0.15, 0.2) is 0 Å². The van der Waals surface area contributed by atoms with Crippen LogP contribution >= 0.6 is 0 Å². The smallest absolute Gasteiger partial charge is 0.00932 e. The lowest BCUT2D eigenvalue weighted by Crippen LogP contribution is -2.44. The lowest BCUT2D eigenvalue weighted by atomic mass is 9.66. The lowest BCUT2D eigenvalue weighted by molar-refractivity contribution is 0.119. The highest BCUT2D eigenvalue weighted by Crippen LogP contribution is 2.41. The van der Waals surface area contributed by atoms with Crippen LogP contribution in [-0.4, -0.2) is 6.04 Å². The van der Waals surface area contributed by atoms with E-state index in [1.165, 1.54) is 32.1 Å². The van der Waals surface area contributed by atoms with Gasteiger partial charge in [-0.25, -0.2) is 0 Å². The molecule has 11 heavy (non-hydrogen) atoms. The summed E-state index contributed by atoms with van der Waals surface area (Å²) in [7, 11) is 0. The van der Waals surface area contributed by atoms with Crippen molar-refractivity contribution in [3.63, 3.8) is 0 Å². The van der Waals surface area contributed by atoms with E-state index in [0.29, 0.717) is 6.04 Å². The largest absolute Gasteiger partial charge is 0.327 e. The first-order valence-corrected chi connectivity index (χ1v) is 5.03. The van der Waals surface area contributed by atoms with Crippen LogP contribution in [0.15, 0.2) is 0 Å². The SMILES string of the molecule is C[C@@H]1CC2CCCC(C2)C1N. The molecule has 2 rings (SSSR count). The Bertz CT molecular complexity index is 142. The van der Waals surface area contributed by atoms with E-state index < -0.39 is 0 Å². The van der Waals surface area contributed by atoms with Crippen LogP contribution in [-0.2, 0) is 0 Å². The van der Waals surface area contributed by atoms with Crippen molar-refractivity contribution in [3.05, 3.63) is 0 Å². The maximum Gasteiger partial charge on any atom is 0.00932 e. The molecule has 0 aromatic carbocycles. The summed E-state index contributed by atoms with van der Waals surface area (Å²) in [6, 6.07) is 0.520. The van der Waals surface area contributed by atoms with E-state index in [2.05, 4.69) is 6.92 Å². The molecule has 2 N–H and O–H groups in total. The molecule has 1 nitrogen and oxygen atoms in total. The van der Waals surface area contributed by atoms with Crippen molar-refractivity contribution >= 4 is 0 Å². The van der Waals surface area contributed by atoms with Crippen LogP contribution in [0.2, 0.25) is 0 Å². The monoisotopic (exact) mass is 153 g/mol. The van der Waals surface area contributed by atoms with Gasteiger partial charge in [0.1, 0.15) is 0 Å². The average Bonchev–Trinajstić information content (AvgIpc) is 2.01. The molecule has 4 atom stereocenters. The van der Waals surface area contributed by atoms with Gasteiger partial charge in [0, 0.05) is 6.04 Å². The van der Waals surface area contributed by atoms with Crippen molar-refractivity contribution in [1.82, 2.24) is 0 Å². The fourth-order valence-electron chi connectivity index (χ4n) is 3.04. The van der Waals surface area contributed by atoms with Gasteiger partial charge < -0.3 is 5.73 Å². The molecule has 2 aliphatic rings. The third kappa shape index (κ3) is 1.31. The minimum Gasteiger partial charge on any atom is -0.327 e. The number of rotatable bonds is 0. The highest BCUT2D eigenvalue weighted by Gasteiger charge is 2.35. The molecule has 0 aromatic rings. The zero-order valence-electron chi connectivity index (χ0n) is 7.42. The summed E-state index contributed by atoms with van der Waals surface area (Å²) in [6.07, 6.45) is 7.16. The molecule has 0 heterocycles. The van der Waals surface area contributed by atoms with Crippen LogP contribution in [0.5, 0.6) is 0 Å². The minimum atomic E-state index is 0.520. The van der Waals surface area contributed by atoms with Crippen LogP contribution in [0.1, 0.15) is 39.0 Å². The molecule has 0 aliphatic heterocycles. The normalized spacial score (nSPS) is 50.7. The average molecular weight is 153 g/mol. The summed E-state index contributed by atoms with van der Waals surface area (Å²) in [6.45, 7) is 2.33. The van der Waals surface area contributed by atoms with E-state index in [1.807, 2.05) is 0 Å². The maximum absolute atomic E-state index is 6.13. The second-order valence-electron chi connectivity index (χ2n) is 4.58. The van der Waals surface area contributed by atoms with Gasteiger partial charge >= 0.3 is 0 Å². The third-order valence-corrected chi connectivity index (χ3v) is 3.73. The fourth-order valence-corrected chi connectivity index (χ4v) is 3.04. The molecule has 0 saturated heterocycles. The lowest BCUT2D eigenvalue weighted by Gasteiger charge is -2.42. The van der Waals surface area contributed by atoms with Gasteiger partial charge in [-0.2, -0.15) is 0 Å². The van der Waals surface area contributed by atoms with Gasteiger partial charge in [-0.15, -0.1) is 0 Å². The molecule has 3 unspecified atom stereocenters. The molecule has 2 bridgehead atoms. The Balaban J connectivity index is 2.05. The van der Waals surface area contributed by atoms with E-state index in [0.717, 1.165) is 17.8 Å². The Hall–Kier alpha value is -0.0400. The molecule has 2 saturated carbocycles. The van der Waals surface area contributed by atoms with Crippen LogP contribution < -0.4 is 5.73 Å². The Morgan fingerprint density at radius 1 is 1.18 bits per heavy atom. The van der Waals surface area contributed by atoms with Crippen LogP contribution in [0.3, 0.4) is 0 Å². The second kappa shape index (κ2) is 2.78. The van der Waals surface area contributed by atoms with E-state index in [-0.39, 0.29) is 0 Å². The first-order chi connectivity index (χ1) is 5.27. The molecule has 0 aromatic heterocycles. The zero-order valence-corrected chi connectivity index (χ0v) is 7.42. The molecule has 2 fully saturated rings. The summed E-state index contributed by atoms with van der Waals surface area (Å²) in [4.78, 5) is 0. The number of fused-ring (bicyclic) bond motifs is 2. The summed E-state index contributed by atoms with van der Waals surface area (Å²) in [5.41, 5.74) is 6.13. The fraction of sp³-hybridized carbons (Fsp3) is 1.00. The molecular weight excluding hydrogens is 134 g/mol. The molecule has 1 heteroatoms. The Kier molecular flexibility index (Phi) is 1.92. The topological polar surface area (TPSA) is 26.0 Å². The first kappa shape index (κ1) is 7.60. The summed E-state index contributed by atoms with van der Waals surface area (Å²) < 4.78 is 0. The van der Waals surface area contributed by atoms with Crippen LogP contribution in [0.25, 0.3) is 0 Å². The van der Waals surface area contributed by atoms with Crippen molar-refractivity contribution < 1.29 is 0 Å². The zero-order chi connectivity index (χ0) is 7.84. The number of hydrogen-bond donors (Lipinski definition) is 1. The Morgan fingerprint density at radius 2 is 2.00 bits per heavy atom. The molecular formula is C10H19N. The molecule has 0 spiro atoms. The molecule has 0 radical (unpaired) electrons. The van der Waals surface area contributed by atoms with Crippen LogP contribution in [0.4, 0.5) is 0 Å². The van der Waals surface area contributed by atoms with Crippen molar-refractivity contribution in [1.29, 1.82) is 0 Å². The first-order valence-electron chi connectivity index (χ1n) is 5.03. The predicted octanol–water partition coefficient (Wildman–Crippen LogP) is 2.16. The van der Waals surface area contributed by atoms with Crippen molar-refractivity contribution in [2.24, 2.45) is 23.5 Å². The van der Waals surface area contributed by atoms with E-state index in [1.54, 1.807) is 0 Å². The van der Waals surface area contributed by atoms with Crippen LogP contribution in [0, 0.1) is 17.8 Å². The van der Waals surface area contributed by atoms with Crippen molar-refractivity contribution in [2.45, 2.75) is 45.1 Å². The second-order valence-corrected chi connectivity index (χ2v) is 4.58. The van der Waals surface area contributed by atoms with Gasteiger partial charge in [0.25, 0.3) is 0 Å². The van der Waals surface area contributed by atoms with E-state index in [4.69, 9.17) is 5.73 Å². The summed E-state index contributed by atoms with van der Waals surface area (Å²) >= 11 is 0. The Morgan fingerprint density at radius 3 is 2.82 bits per heavy atom. The van der Waals surface area contributed by atoms with Gasteiger partial charge in [0.05, 0.1) is 0 Å².